The maximum atomic E-state index is 11.8. The topological polar surface area (TPSA) is 22.1 Å². The number of alkyl halides is 4. The molecule has 0 amide bonds. The number of halogens is 4. The molecule has 1 aromatic rings. The first kappa shape index (κ1) is 11.3. The standard InChI is InChI=1S/C8H7BrF3NO/c1-5-2-6(14-8(10,11)12)4-13-7(5)3-9/h2,4H,3H2,1H3. The van der Waals surface area contributed by atoms with E-state index >= 15 is 0 Å². The number of pyridine rings is 1. The number of ether oxygens (including phenoxy) is 1. The van der Waals surface area contributed by atoms with Gasteiger partial charge in [0, 0.05) is 5.33 Å². The third kappa shape index (κ3) is 3.17. The minimum Gasteiger partial charge on any atom is -0.404 e. The summed E-state index contributed by atoms with van der Waals surface area (Å²) in [6, 6.07) is 1.30. The second-order valence-electron chi connectivity index (χ2n) is 2.62. The first-order valence-electron chi connectivity index (χ1n) is 3.69. The van der Waals surface area contributed by atoms with Gasteiger partial charge >= 0.3 is 6.36 Å². The largest absolute Gasteiger partial charge is 0.573 e. The summed E-state index contributed by atoms with van der Waals surface area (Å²) >= 11 is 3.17. The Labute approximate surface area is 87.2 Å². The lowest BCUT2D eigenvalue weighted by atomic mass is 10.2. The van der Waals surface area contributed by atoms with Gasteiger partial charge in [0.05, 0.1) is 11.9 Å². The average molecular weight is 270 g/mol. The minimum absolute atomic E-state index is 0.292. The first-order chi connectivity index (χ1) is 6.42. The highest BCUT2D eigenvalue weighted by Gasteiger charge is 2.31. The zero-order valence-electron chi connectivity index (χ0n) is 7.23. The summed E-state index contributed by atoms with van der Waals surface area (Å²) in [5.41, 5.74) is 1.35. The predicted octanol–water partition coefficient (Wildman–Crippen LogP) is 3.18. The Kier molecular flexibility index (Phi) is 3.36. The summed E-state index contributed by atoms with van der Waals surface area (Å²) in [5, 5.41) is 0.505. The van der Waals surface area contributed by atoms with Crippen molar-refractivity contribution in [2.75, 3.05) is 0 Å². The number of rotatable bonds is 2. The van der Waals surface area contributed by atoms with Crippen LogP contribution in [-0.2, 0) is 5.33 Å². The van der Waals surface area contributed by atoms with Gasteiger partial charge in [0.2, 0.25) is 0 Å². The number of hydrogen-bond acceptors (Lipinski definition) is 2. The van der Waals surface area contributed by atoms with E-state index in [9.17, 15) is 13.2 Å². The molecule has 1 aromatic heterocycles. The van der Waals surface area contributed by atoms with Crippen LogP contribution in [0.1, 0.15) is 11.3 Å². The molecule has 0 aliphatic carbocycles. The molecule has 1 heterocycles. The normalized spacial score (nSPS) is 11.5. The molecular weight excluding hydrogens is 263 g/mol. The van der Waals surface area contributed by atoms with Crippen LogP contribution >= 0.6 is 15.9 Å². The van der Waals surface area contributed by atoms with E-state index in [2.05, 4.69) is 25.7 Å². The zero-order valence-corrected chi connectivity index (χ0v) is 8.82. The predicted molar refractivity (Wildman–Crippen MR) is 48.3 cm³/mol. The van der Waals surface area contributed by atoms with Gasteiger partial charge < -0.3 is 4.74 Å². The van der Waals surface area contributed by atoms with Gasteiger partial charge in [-0.15, -0.1) is 13.2 Å². The molecule has 6 heteroatoms. The minimum atomic E-state index is -4.66. The maximum absolute atomic E-state index is 11.8. The van der Waals surface area contributed by atoms with Crippen LogP contribution in [0.2, 0.25) is 0 Å². The molecule has 0 saturated carbocycles. The van der Waals surface area contributed by atoms with Crippen LogP contribution in [-0.4, -0.2) is 11.3 Å². The zero-order chi connectivity index (χ0) is 10.8. The van der Waals surface area contributed by atoms with Crippen molar-refractivity contribution >= 4 is 15.9 Å². The van der Waals surface area contributed by atoms with Crippen molar-refractivity contribution in [3.05, 3.63) is 23.5 Å². The van der Waals surface area contributed by atoms with E-state index in [-0.39, 0.29) is 5.75 Å². The maximum Gasteiger partial charge on any atom is 0.573 e. The van der Waals surface area contributed by atoms with Crippen molar-refractivity contribution in [2.45, 2.75) is 18.6 Å². The molecule has 0 aliphatic rings. The van der Waals surface area contributed by atoms with E-state index in [1.54, 1.807) is 6.92 Å². The van der Waals surface area contributed by atoms with Crippen molar-refractivity contribution < 1.29 is 17.9 Å². The number of nitrogens with zero attached hydrogens (tertiary/aromatic N) is 1. The van der Waals surface area contributed by atoms with Gasteiger partial charge in [-0.1, -0.05) is 15.9 Å². The molecule has 0 atom stereocenters. The molecule has 0 aliphatic heterocycles. The highest BCUT2D eigenvalue weighted by molar-refractivity contribution is 9.08. The highest BCUT2D eigenvalue weighted by atomic mass is 79.9. The van der Waals surface area contributed by atoms with Gasteiger partial charge in [-0.2, -0.15) is 0 Å². The Balaban J connectivity index is 2.87. The summed E-state index contributed by atoms with van der Waals surface area (Å²) in [4.78, 5) is 3.81. The van der Waals surface area contributed by atoms with Gasteiger partial charge in [-0.3, -0.25) is 4.98 Å². The van der Waals surface area contributed by atoms with Crippen LogP contribution in [0.5, 0.6) is 5.75 Å². The molecule has 0 N–H and O–H groups in total. The number of aromatic nitrogens is 1. The third-order valence-corrected chi connectivity index (χ3v) is 2.05. The Morgan fingerprint density at radius 2 is 2.14 bits per heavy atom. The highest BCUT2D eigenvalue weighted by Crippen LogP contribution is 2.23. The third-order valence-electron chi connectivity index (χ3n) is 1.52. The molecule has 0 saturated heterocycles. The van der Waals surface area contributed by atoms with Gasteiger partial charge in [0.25, 0.3) is 0 Å². The van der Waals surface area contributed by atoms with Crippen LogP contribution < -0.4 is 4.74 Å². The van der Waals surface area contributed by atoms with Gasteiger partial charge in [-0.05, 0) is 18.6 Å². The quantitative estimate of drug-likeness (QED) is 0.770. The Morgan fingerprint density at radius 3 is 2.57 bits per heavy atom. The number of aryl methyl sites for hydroxylation is 1. The second kappa shape index (κ2) is 4.16. The van der Waals surface area contributed by atoms with Gasteiger partial charge in [0.15, 0.2) is 0 Å². The fourth-order valence-corrected chi connectivity index (χ4v) is 1.49. The van der Waals surface area contributed by atoms with E-state index in [1.165, 1.54) is 6.07 Å². The van der Waals surface area contributed by atoms with Crippen molar-refractivity contribution in [1.29, 1.82) is 0 Å². The van der Waals surface area contributed by atoms with Gasteiger partial charge in [0.1, 0.15) is 5.75 Å². The van der Waals surface area contributed by atoms with Crippen molar-refractivity contribution in [2.24, 2.45) is 0 Å². The van der Waals surface area contributed by atoms with Crippen LogP contribution in [0.25, 0.3) is 0 Å². The molecule has 0 unspecified atom stereocenters. The van der Waals surface area contributed by atoms with E-state index < -0.39 is 6.36 Å². The Hall–Kier alpha value is -0.780. The Bertz CT molecular complexity index is 327. The van der Waals surface area contributed by atoms with E-state index in [4.69, 9.17) is 0 Å². The second-order valence-corrected chi connectivity index (χ2v) is 3.18. The molecule has 0 bridgehead atoms. The molecule has 0 radical (unpaired) electrons. The van der Waals surface area contributed by atoms with E-state index in [0.29, 0.717) is 16.6 Å². The van der Waals surface area contributed by atoms with Crippen molar-refractivity contribution in [1.82, 2.24) is 4.98 Å². The summed E-state index contributed by atoms with van der Waals surface area (Å²) in [7, 11) is 0. The first-order valence-corrected chi connectivity index (χ1v) is 4.82. The molecule has 0 aromatic carbocycles. The summed E-state index contributed by atoms with van der Waals surface area (Å²) in [6.07, 6.45) is -3.61. The lowest BCUT2D eigenvalue weighted by molar-refractivity contribution is -0.274. The van der Waals surface area contributed by atoms with E-state index in [0.717, 1.165) is 6.20 Å². The van der Waals surface area contributed by atoms with Crippen molar-refractivity contribution in [3.8, 4) is 5.75 Å². The monoisotopic (exact) mass is 269 g/mol. The molecule has 14 heavy (non-hydrogen) atoms. The van der Waals surface area contributed by atoms with Crippen molar-refractivity contribution in [3.63, 3.8) is 0 Å². The Morgan fingerprint density at radius 1 is 1.50 bits per heavy atom. The summed E-state index contributed by atoms with van der Waals surface area (Å²) < 4.78 is 39.1. The number of hydrogen-bond donors (Lipinski definition) is 0. The fraction of sp³-hybridized carbons (Fsp3) is 0.375. The molecule has 0 fully saturated rings. The lowest BCUT2D eigenvalue weighted by Crippen LogP contribution is -2.17. The lowest BCUT2D eigenvalue weighted by Gasteiger charge is -2.09. The van der Waals surface area contributed by atoms with E-state index in [1.807, 2.05) is 0 Å². The smallest absolute Gasteiger partial charge is 0.404 e. The average Bonchev–Trinajstić information content (AvgIpc) is 2.01. The molecule has 0 spiro atoms. The molecule has 2 nitrogen and oxygen atoms in total. The van der Waals surface area contributed by atoms with Crippen LogP contribution in [0.3, 0.4) is 0 Å². The van der Waals surface area contributed by atoms with Crippen LogP contribution in [0, 0.1) is 6.92 Å². The molecular formula is C8H7BrF3NO. The SMILES string of the molecule is Cc1cc(OC(F)(F)F)cnc1CBr. The summed E-state index contributed by atoms with van der Waals surface area (Å²) in [6.45, 7) is 1.67. The molecule has 78 valence electrons. The van der Waals surface area contributed by atoms with Crippen LogP contribution in [0.15, 0.2) is 12.3 Å². The summed E-state index contributed by atoms with van der Waals surface area (Å²) in [5.74, 6) is -0.292. The molecule has 1 rings (SSSR count). The van der Waals surface area contributed by atoms with Gasteiger partial charge in [-0.25, -0.2) is 0 Å². The van der Waals surface area contributed by atoms with Crippen LogP contribution in [0.4, 0.5) is 13.2 Å². The fourth-order valence-electron chi connectivity index (χ4n) is 0.907.